The van der Waals surface area contributed by atoms with Crippen LogP contribution in [0.3, 0.4) is 0 Å². The Morgan fingerprint density at radius 1 is 1.26 bits per heavy atom. The molecule has 2 heterocycles. The van der Waals surface area contributed by atoms with Crippen LogP contribution in [0.4, 0.5) is 8.78 Å². The number of aromatic nitrogens is 2. The molecule has 3 aromatic rings. The molecule has 0 bridgehead atoms. The summed E-state index contributed by atoms with van der Waals surface area (Å²) in [6, 6.07) is 3.03. The lowest BCUT2D eigenvalue weighted by molar-refractivity contribution is 0.450. The average Bonchev–Trinajstić information content (AvgIpc) is 2.87. The van der Waals surface area contributed by atoms with Crippen LogP contribution in [-0.2, 0) is 5.33 Å². The zero-order chi connectivity index (χ0) is 13.4. The maximum Gasteiger partial charge on any atom is 0.243 e. The number of rotatable bonds is 3. The summed E-state index contributed by atoms with van der Waals surface area (Å²) in [5.41, 5.74) is 0.793. The van der Waals surface area contributed by atoms with Crippen molar-refractivity contribution in [3.63, 3.8) is 0 Å². The van der Waals surface area contributed by atoms with Crippen molar-refractivity contribution >= 4 is 32.2 Å². The largest absolute Gasteiger partial charge is 0.437 e. The summed E-state index contributed by atoms with van der Waals surface area (Å²) >= 11 is 4.81. The van der Waals surface area contributed by atoms with E-state index in [4.69, 9.17) is 4.74 Å². The van der Waals surface area contributed by atoms with Gasteiger partial charge in [0.05, 0.1) is 5.69 Å². The van der Waals surface area contributed by atoms with Crippen molar-refractivity contribution in [1.29, 1.82) is 0 Å². The normalized spacial score (nSPS) is 11.1. The number of thiazole rings is 1. The van der Waals surface area contributed by atoms with E-state index in [1.54, 1.807) is 0 Å². The van der Waals surface area contributed by atoms with Crippen molar-refractivity contribution in [2.45, 2.75) is 5.33 Å². The Bertz CT molecular complexity index is 720. The Morgan fingerprint density at radius 2 is 2.00 bits per heavy atom. The molecule has 0 aliphatic rings. The van der Waals surface area contributed by atoms with Crippen LogP contribution in [0.5, 0.6) is 11.6 Å². The number of alkyl halides is 1. The van der Waals surface area contributed by atoms with Gasteiger partial charge in [-0.05, 0) is 0 Å². The van der Waals surface area contributed by atoms with Crippen LogP contribution in [-0.4, -0.2) is 9.38 Å². The molecule has 0 fully saturated rings. The number of ether oxygens (including phenoxy) is 1. The minimum atomic E-state index is -0.684. The maximum atomic E-state index is 13.1. The topological polar surface area (TPSA) is 26.5 Å². The molecule has 0 saturated carbocycles. The number of nitrogens with zero attached hydrogens (tertiary/aromatic N) is 2. The molecule has 0 spiro atoms. The van der Waals surface area contributed by atoms with Crippen molar-refractivity contribution < 1.29 is 13.5 Å². The lowest BCUT2D eigenvalue weighted by Crippen LogP contribution is -1.92. The first-order valence-electron chi connectivity index (χ1n) is 5.31. The highest BCUT2D eigenvalue weighted by Crippen LogP contribution is 2.29. The Balaban J connectivity index is 2.02. The number of fused-ring (bicyclic) bond motifs is 1. The van der Waals surface area contributed by atoms with Gasteiger partial charge in [0.2, 0.25) is 5.88 Å². The van der Waals surface area contributed by atoms with E-state index in [1.807, 2.05) is 16.0 Å². The summed E-state index contributed by atoms with van der Waals surface area (Å²) in [4.78, 5) is 5.05. The molecule has 0 radical (unpaired) electrons. The number of benzene rings is 1. The van der Waals surface area contributed by atoms with Gasteiger partial charge in [0.1, 0.15) is 17.4 Å². The number of hydrogen-bond acceptors (Lipinski definition) is 3. The summed E-state index contributed by atoms with van der Waals surface area (Å²) in [7, 11) is 0. The van der Waals surface area contributed by atoms with Gasteiger partial charge in [-0.3, -0.25) is 4.40 Å². The third-order valence-electron chi connectivity index (χ3n) is 2.50. The highest BCUT2D eigenvalue weighted by Gasteiger charge is 2.14. The molecule has 19 heavy (non-hydrogen) atoms. The van der Waals surface area contributed by atoms with Crippen LogP contribution in [0.1, 0.15) is 5.69 Å². The molecule has 0 saturated heterocycles. The number of hydrogen-bond donors (Lipinski definition) is 0. The van der Waals surface area contributed by atoms with E-state index >= 15 is 0 Å². The zero-order valence-electron chi connectivity index (χ0n) is 9.44. The smallest absolute Gasteiger partial charge is 0.243 e. The Labute approximate surface area is 119 Å². The molecule has 0 aliphatic carbocycles. The predicted molar refractivity (Wildman–Crippen MR) is 72.1 cm³/mol. The summed E-state index contributed by atoms with van der Waals surface area (Å²) in [5.74, 6) is -0.938. The minimum absolute atomic E-state index is 0.0884. The van der Waals surface area contributed by atoms with E-state index in [1.165, 1.54) is 11.3 Å². The molecule has 98 valence electrons. The van der Waals surface area contributed by atoms with Gasteiger partial charge >= 0.3 is 0 Å². The van der Waals surface area contributed by atoms with Crippen molar-refractivity contribution in [1.82, 2.24) is 9.38 Å². The fourth-order valence-corrected chi connectivity index (χ4v) is 2.95. The molecule has 0 atom stereocenters. The van der Waals surface area contributed by atoms with Crippen LogP contribution in [0.25, 0.3) is 4.96 Å². The molecule has 2 aromatic heterocycles. The standard InChI is InChI=1S/C12H7BrF2N2OS/c13-6-10-11(16-12-17(10)1-2-19-12)18-9-4-7(14)3-8(15)5-9/h1-5H,6H2. The molecule has 0 unspecified atom stereocenters. The molecule has 0 aliphatic heterocycles. The van der Waals surface area contributed by atoms with E-state index in [2.05, 4.69) is 20.9 Å². The van der Waals surface area contributed by atoms with Gasteiger partial charge in [0.25, 0.3) is 0 Å². The SMILES string of the molecule is Fc1cc(F)cc(Oc2nc3sccn3c2CBr)c1. The first kappa shape index (κ1) is 12.6. The summed E-state index contributed by atoms with van der Waals surface area (Å²) in [6.07, 6.45) is 1.86. The zero-order valence-corrected chi connectivity index (χ0v) is 11.8. The first-order valence-corrected chi connectivity index (χ1v) is 7.32. The van der Waals surface area contributed by atoms with Crippen LogP contribution < -0.4 is 4.74 Å². The highest BCUT2D eigenvalue weighted by atomic mass is 79.9. The van der Waals surface area contributed by atoms with E-state index in [0.29, 0.717) is 11.2 Å². The summed E-state index contributed by atoms with van der Waals surface area (Å²) in [6.45, 7) is 0. The van der Waals surface area contributed by atoms with Crippen LogP contribution in [0.2, 0.25) is 0 Å². The Hall–Kier alpha value is -1.47. The molecule has 3 rings (SSSR count). The van der Waals surface area contributed by atoms with Gasteiger partial charge in [0.15, 0.2) is 4.96 Å². The lowest BCUT2D eigenvalue weighted by Gasteiger charge is -2.04. The molecule has 1 aromatic carbocycles. The van der Waals surface area contributed by atoms with E-state index < -0.39 is 11.6 Å². The third-order valence-corrected chi connectivity index (χ3v) is 3.79. The number of imidazole rings is 1. The second kappa shape index (κ2) is 4.90. The molecule has 3 nitrogen and oxygen atoms in total. The number of halogens is 3. The Kier molecular flexibility index (Phi) is 3.24. The fourth-order valence-electron chi connectivity index (χ4n) is 1.72. The van der Waals surface area contributed by atoms with Crippen molar-refractivity contribution in [2.75, 3.05) is 0 Å². The van der Waals surface area contributed by atoms with Gasteiger partial charge in [-0.25, -0.2) is 8.78 Å². The maximum absolute atomic E-state index is 13.1. The van der Waals surface area contributed by atoms with Crippen LogP contribution >= 0.6 is 27.3 Å². The predicted octanol–water partition coefficient (Wildman–Crippen LogP) is 4.36. The first-order chi connectivity index (χ1) is 9.17. The lowest BCUT2D eigenvalue weighted by atomic mass is 10.3. The van der Waals surface area contributed by atoms with Gasteiger partial charge in [0, 0.05) is 35.1 Å². The van der Waals surface area contributed by atoms with Crippen molar-refractivity contribution in [2.24, 2.45) is 0 Å². The fraction of sp³-hybridized carbons (Fsp3) is 0.0833. The molecule has 7 heteroatoms. The summed E-state index contributed by atoms with van der Waals surface area (Å²) in [5, 5.41) is 2.43. The molecular formula is C12H7BrF2N2OS. The second-order valence-corrected chi connectivity index (χ2v) is 5.19. The van der Waals surface area contributed by atoms with Gasteiger partial charge in [-0.1, -0.05) is 15.9 Å². The van der Waals surface area contributed by atoms with Gasteiger partial charge in [-0.2, -0.15) is 4.98 Å². The van der Waals surface area contributed by atoms with E-state index in [9.17, 15) is 8.78 Å². The Morgan fingerprint density at radius 3 is 2.68 bits per heavy atom. The third kappa shape index (κ3) is 2.35. The minimum Gasteiger partial charge on any atom is -0.437 e. The molecule has 0 amide bonds. The molecule has 0 N–H and O–H groups in total. The highest BCUT2D eigenvalue weighted by molar-refractivity contribution is 9.08. The van der Waals surface area contributed by atoms with Gasteiger partial charge < -0.3 is 4.74 Å². The quantitative estimate of drug-likeness (QED) is 0.660. The molecular weight excluding hydrogens is 338 g/mol. The van der Waals surface area contributed by atoms with Crippen molar-refractivity contribution in [3.8, 4) is 11.6 Å². The van der Waals surface area contributed by atoms with Gasteiger partial charge in [-0.15, -0.1) is 11.3 Å². The van der Waals surface area contributed by atoms with E-state index in [-0.39, 0.29) is 5.75 Å². The van der Waals surface area contributed by atoms with Crippen molar-refractivity contribution in [3.05, 3.63) is 47.1 Å². The van der Waals surface area contributed by atoms with Crippen LogP contribution in [0.15, 0.2) is 29.8 Å². The second-order valence-electron chi connectivity index (χ2n) is 3.76. The van der Waals surface area contributed by atoms with E-state index in [0.717, 1.165) is 28.9 Å². The monoisotopic (exact) mass is 344 g/mol. The summed E-state index contributed by atoms with van der Waals surface area (Å²) < 4.78 is 33.5. The van der Waals surface area contributed by atoms with Crippen LogP contribution in [0, 0.1) is 11.6 Å². The average molecular weight is 345 g/mol.